The smallest absolute Gasteiger partial charge is 0.307 e. The van der Waals surface area contributed by atoms with Crippen molar-refractivity contribution in [1.82, 2.24) is 0 Å². The SMILES string of the molecule is CC/C=C/C/C=C/C/C=C/C/C=C/C/C=C/CCCC(=O)Nc1cccc(CC(=O)O)c1. The Balaban J connectivity index is 2.09. The quantitative estimate of drug-likeness (QED) is 0.214. The molecule has 0 saturated carbocycles. The first-order chi connectivity index (χ1) is 15.6. The van der Waals surface area contributed by atoms with Gasteiger partial charge in [0.15, 0.2) is 0 Å². The summed E-state index contributed by atoms with van der Waals surface area (Å²) in [5, 5.41) is 11.7. The van der Waals surface area contributed by atoms with Crippen LogP contribution in [0, 0.1) is 0 Å². The van der Waals surface area contributed by atoms with Crippen LogP contribution in [0.1, 0.15) is 63.9 Å². The molecule has 2 N–H and O–H groups in total. The Labute approximate surface area is 193 Å². The number of carbonyl (C=O) groups excluding carboxylic acids is 1. The summed E-state index contributed by atoms with van der Waals surface area (Å²) in [5.74, 6) is -0.935. The molecule has 1 rings (SSSR count). The van der Waals surface area contributed by atoms with Crippen molar-refractivity contribution in [2.75, 3.05) is 5.32 Å². The largest absolute Gasteiger partial charge is 0.481 e. The maximum absolute atomic E-state index is 12.0. The highest BCUT2D eigenvalue weighted by molar-refractivity contribution is 5.90. The number of carboxylic acid groups (broad SMARTS) is 1. The van der Waals surface area contributed by atoms with Crippen LogP contribution in [0.3, 0.4) is 0 Å². The van der Waals surface area contributed by atoms with Gasteiger partial charge in [-0.1, -0.05) is 79.8 Å². The Morgan fingerprint density at radius 1 is 0.844 bits per heavy atom. The third kappa shape index (κ3) is 15.7. The van der Waals surface area contributed by atoms with Crippen molar-refractivity contribution in [2.24, 2.45) is 0 Å². The lowest BCUT2D eigenvalue weighted by atomic mass is 10.1. The van der Waals surface area contributed by atoms with Gasteiger partial charge in [0.05, 0.1) is 6.42 Å². The average molecular weight is 436 g/mol. The Morgan fingerprint density at radius 3 is 1.97 bits per heavy atom. The van der Waals surface area contributed by atoms with E-state index >= 15 is 0 Å². The zero-order chi connectivity index (χ0) is 23.3. The first-order valence-corrected chi connectivity index (χ1v) is 11.5. The lowest BCUT2D eigenvalue weighted by Crippen LogP contribution is -2.11. The van der Waals surface area contributed by atoms with Gasteiger partial charge >= 0.3 is 5.97 Å². The minimum Gasteiger partial charge on any atom is -0.481 e. The molecule has 0 atom stereocenters. The standard InChI is InChI=1S/C28H37NO3/c1-2-3-4-5-6-7-8-9-10-11-12-13-14-15-16-17-18-22-27(30)29-26-21-19-20-25(23-26)24-28(31)32/h3-4,6-7,9-10,12-13,15-16,19-21,23H,2,5,8,11,14,17-18,22,24H2,1H3,(H,29,30)(H,31,32)/b4-3+,7-6+,10-9+,13-12+,16-15+. The molecule has 172 valence electrons. The number of amides is 1. The molecule has 0 heterocycles. The van der Waals surface area contributed by atoms with Gasteiger partial charge in [-0.25, -0.2) is 0 Å². The number of benzene rings is 1. The van der Waals surface area contributed by atoms with Gasteiger partial charge in [0.2, 0.25) is 5.91 Å². The van der Waals surface area contributed by atoms with E-state index in [9.17, 15) is 9.59 Å². The Hall–Kier alpha value is -3.14. The van der Waals surface area contributed by atoms with Gasteiger partial charge in [0.25, 0.3) is 0 Å². The van der Waals surface area contributed by atoms with E-state index in [0.29, 0.717) is 17.7 Å². The van der Waals surface area contributed by atoms with Crippen LogP contribution < -0.4 is 5.32 Å². The Kier molecular flexibility index (Phi) is 15.6. The van der Waals surface area contributed by atoms with E-state index in [0.717, 1.165) is 44.9 Å². The molecule has 0 unspecified atom stereocenters. The van der Waals surface area contributed by atoms with E-state index in [1.165, 1.54) is 0 Å². The van der Waals surface area contributed by atoms with Crippen molar-refractivity contribution >= 4 is 17.6 Å². The van der Waals surface area contributed by atoms with Crippen LogP contribution in [-0.2, 0) is 16.0 Å². The molecule has 0 aliphatic rings. The van der Waals surface area contributed by atoms with Crippen molar-refractivity contribution in [3.05, 3.63) is 90.6 Å². The Bertz CT molecular complexity index is 816. The number of allylic oxidation sites excluding steroid dienone is 10. The summed E-state index contributed by atoms with van der Waals surface area (Å²) in [5.41, 5.74) is 1.32. The molecule has 0 radical (unpaired) electrons. The van der Waals surface area contributed by atoms with E-state index in [4.69, 9.17) is 5.11 Å². The number of anilines is 1. The lowest BCUT2D eigenvalue weighted by Gasteiger charge is -2.06. The number of unbranched alkanes of at least 4 members (excludes halogenated alkanes) is 1. The number of carbonyl (C=O) groups is 2. The number of carboxylic acids is 1. The van der Waals surface area contributed by atoms with Gasteiger partial charge in [-0.2, -0.15) is 0 Å². The maximum atomic E-state index is 12.0. The number of hydrogen-bond donors (Lipinski definition) is 2. The molecule has 0 fully saturated rings. The summed E-state index contributed by atoms with van der Waals surface area (Å²) in [4.78, 5) is 22.8. The third-order valence-electron chi connectivity index (χ3n) is 4.50. The summed E-state index contributed by atoms with van der Waals surface area (Å²) in [6, 6.07) is 6.97. The first kappa shape index (κ1) is 26.9. The summed E-state index contributed by atoms with van der Waals surface area (Å²) >= 11 is 0. The first-order valence-electron chi connectivity index (χ1n) is 11.5. The van der Waals surface area contributed by atoms with Gasteiger partial charge < -0.3 is 10.4 Å². The average Bonchev–Trinajstić information content (AvgIpc) is 2.75. The predicted molar refractivity (Wildman–Crippen MR) is 135 cm³/mol. The van der Waals surface area contributed by atoms with Crippen LogP contribution in [0.2, 0.25) is 0 Å². The van der Waals surface area contributed by atoms with Crippen LogP contribution in [-0.4, -0.2) is 17.0 Å². The number of aliphatic carboxylic acids is 1. The van der Waals surface area contributed by atoms with Crippen molar-refractivity contribution in [3.63, 3.8) is 0 Å². The molecular formula is C28H37NO3. The molecule has 4 heteroatoms. The second-order valence-electron chi connectivity index (χ2n) is 7.42. The van der Waals surface area contributed by atoms with E-state index < -0.39 is 5.97 Å². The number of hydrogen-bond acceptors (Lipinski definition) is 2. The molecule has 0 aromatic heterocycles. The predicted octanol–water partition coefficient (Wildman–Crippen LogP) is 7.17. The monoisotopic (exact) mass is 435 g/mol. The van der Waals surface area contributed by atoms with Crippen molar-refractivity contribution in [2.45, 2.75) is 64.7 Å². The fourth-order valence-corrected chi connectivity index (χ4v) is 2.91. The molecule has 0 spiro atoms. The highest BCUT2D eigenvalue weighted by Gasteiger charge is 2.04. The van der Waals surface area contributed by atoms with Gasteiger partial charge in [0.1, 0.15) is 0 Å². The number of rotatable bonds is 16. The maximum Gasteiger partial charge on any atom is 0.307 e. The van der Waals surface area contributed by atoms with E-state index in [1.54, 1.807) is 24.3 Å². The molecule has 1 aromatic rings. The molecular weight excluding hydrogens is 398 g/mol. The Morgan fingerprint density at radius 2 is 1.41 bits per heavy atom. The molecule has 1 amide bonds. The lowest BCUT2D eigenvalue weighted by molar-refractivity contribution is -0.136. The second kappa shape index (κ2) is 18.6. The fraction of sp³-hybridized carbons (Fsp3) is 0.357. The molecule has 32 heavy (non-hydrogen) atoms. The summed E-state index contributed by atoms with van der Waals surface area (Å²) in [7, 11) is 0. The second-order valence-corrected chi connectivity index (χ2v) is 7.42. The van der Waals surface area contributed by atoms with Gasteiger partial charge in [-0.15, -0.1) is 0 Å². The molecule has 4 nitrogen and oxygen atoms in total. The molecule has 0 aliphatic carbocycles. The van der Waals surface area contributed by atoms with Crippen LogP contribution in [0.25, 0.3) is 0 Å². The fourth-order valence-electron chi connectivity index (χ4n) is 2.91. The molecule has 0 saturated heterocycles. The van der Waals surface area contributed by atoms with Crippen LogP contribution in [0.5, 0.6) is 0 Å². The molecule has 0 aliphatic heterocycles. The minimum atomic E-state index is -0.884. The zero-order valence-corrected chi connectivity index (χ0v) is 19.2. The normalized spacial score (nSPS) is 12.2. The van der Waals surface area contributed by atoms with Crippen LogP contribution in [0.4, 0.5) is 5.69 Å². The van der Waals surface area contributed by atoms with Gasteiger partial charge in [0, 0.05) is 12.1 Å². The van der Waals surface area contributed by atoms with E-state index in [2.05, 4.69) is 73.0 Å². The number of nitrogens with one attached hydrogen (secondary N) is 1. The zero-order valence-electron chi connectivity index (χ0n) is 19.2. The van der Waals surface area contributed by atoms with Crippen LogP contribution >= 0.6 is 0 Å². The topological polar surface area (TPSA) is 66.4 Å². The van der Waals surface area contributed by atoms with E-state index in [1.807, 2.05) is 0 Å². The van der Waals surface area contributed by atoms with Crippen LogP contribution in [0.15, 0.2) is 85.0 Å². The molecule has 1 aromatic carbocycles. The minimum absolute atomic E-state index is 0.0478. The summed E-state index contributed by atoms with van der Waals surface area (Å²) < 4.78 is 0. The summed E-state index contributed by atoms with van der Waals surface area (Å²) in [6.07, 6.45) is 28.7. The van der Waals surface area contributed by atoms with E-state index in [-0.39, 0.29) is 12.3 Å². The van der Waals surface area contributed by atoms with Crippen molar-refractivity contribution in [3.8, 4) is 0 Å². The summed E-state index contributed by atoms with van der Waals surface area (Å²) in [6.45, 7) is 2.14. The highest BCUT2D eigenvalue weighted by Crippen LogP contribution is 2.12. The van der Waals surface area contributed by atoms with Gasteiger partial charge in [-0.05, 0) is 62.6 Å². The van der Waals surface area contributed by atoms with Crippen molar-refractivity contribution in [1.29, 1.82) is 0 Å². The molecule has 0 bridgehead atoms. The third-order valence-corrected chi connectivity index (χ3v) is 4.50. The highest BCUT2D eigenvalue weighted by atomic mass is 16.4. The van der Waals surface area contributed by atoms with Crippen molar-refractivity contribution < 1.29 is 14.7 Å². The van der Waals surface area contributed by atoms with Gasteiger partial charge in [-0.3, -0.25) is 9.59 Å².